The van der Waals surface area contributed by atoms with Gasteiger partial charge in [0.2, 0.25) is 0 Å². The van der Waals surface area contributed by atoms with Gasteiger partial charge in [0.05, 0.1) is 5.69 Å². The lowest BCUT2D eigenvalue weighted by atomic mass is 10.3. The van der Waals surface area contributed by atoms with Crippen molar-refractivity contribution in [3.8, 4) is 0 Å². The van der Waals surface area contributed by atoms with Crippen molar-refractivity contribution in [3.63, 3.8) is 0 Å². The fraction of sp³-hybridized carbons (Fsp3) is 0.300. The van der Waals surface area contributed by atoms with Gasteiger partial charge in [-0.05, 0) is 19.1 Å². The van der Waals surface area contributed by atoms with Crippen molar-refractivity contribution in [1.82, 2.24) is 4.98 Å². The standard InChI is InChI=1S/C10H10N2O2S/c1-6-3-2-4-7(11-6)9-12-8(5-15-9)10(13)14/h2-4,8H,5H2,1H3,(H,13,14). The van der Waals surface area contributed by atoms with Crippen LogP contribution in [-0.2, 0) is 4.79 Å². The number of rotatable bonds is 2. The molecule has 1 atom stereocenters. The van der Waals surface area contributed by atoms with Crippen LogP contribution in [0.15, 0.2) is 23.2 Å². The molecule has 78 valence electrons. The molecule has 2 rings (SSSR count). The molecule has 0 amide bonds. The number of carbonyl (C=O) groups is 1. The average molecular weight is 222 g/mol. The quantitative estimate of drug-likeness (QED) is 0.820. The zero-order chi connectivity index (χ0) is 10.8. The molecule has 0 saturated heterocycles. The number of thioether (sulfide) groups is 1. The summed E-state index contributed by atoms with van der Waals surface area (Å²) in [6, 6.07) is 5.03. The first-order valence-corrected chi connectivity index (χ1v) is 5.53. The van der Waals surface area contributed by atoms with Gasteiger partial charge < -0.3 is 5.11 Å². The van der Waals surface area contributed by atoms with Crippen molar-refractivity contribution < 1.29 is 9.90 Å². The number of pyridine rings is 1. The number of carboxylic acids is 1. The molecule has 1 aliphatic heterocycles. The first-order chi connectivity index (χ1) is 7.16. The highest BCUT2D eigenvalue weighted by molar-refractivity contribution is 8.14. The van der Waals surface area contributed by atoms with Gasteiger partial charge in [0.25, 0.3) is 0 Å². The van der Waals surface area contributed by atoms with Crippen molar-refractivity contribution >= 4 is 22.8 Å². The van der Waals surface area contributed by atoms with E-state index in [-0.39, 0.29) is 0 Å². The molecule has 1 aliphatic rings. The number of nitrogens with zero attached hydrogens (tertiary/aromatic N) is 2. The number of hydrogen-bond acceptors (Lipinski definition) is 4. The van der Waals surface area contributed by atoms with Crippen LogP contribution in [0.2, 0.25) is 0 Å². The summed E-state index contributed by atoms with van der Waals surface area (Å²) in [5, 5.41) is 9.52. The molecule has 1 unspecified atom stereocenters. The third kappa shape index (κ3) is 2.18. The maximum atomic E-state index is 10.7. The molecule has 0 spiro atoms. The fourth-order valence-corrected chi connectivity index (χ4v) is 2.30. The predicted octanol–water partition coefficient (Wildman–Crippen LogP) is 1.34. The van der Waals surface area contributed by atoms with Crippen molar-refractivity contribution in [1.29, 1.82) is 0 Å². The van der Waals surface area contributed by atoms with Gasteiger partial charge in [-0.2, -0.15) is 0 Å². The average Bonchev–Trinajstić information content (AvgIpc) is 2.66. The predicted molar refractivity (Wildman–Crippen MR) is 59.4 cm³/mol. The Kier molecular flexibility index (Phi) is 2.73. The van der Waals surface area contributed by atoms with Crippen molar-refractivity contribution in [2.45, 2.75) is 13.0 Å². The molecular weight excluding hydrogens is 212 g/mol. The van der Waals surface area contributed by atoms with E-state index in [1.165, 1.54) is 11.8 Å². The maximum Gasteiger partial charge on any atom is 0.329 e. The Morgan fingerprint density at radius 1 is 1.60 bits per heavy atom. The Hall–Kier alpha value is -1.36. The van der Waals surface area contributed by atoms with Gasteiger partial charge >= 0.3 is 5.97 Å². The third-order valence-corrected chi connectivity index (χ3v) is 3.11. The van der Waals surface area contributed by atoms with Crippen LogP contribution in [0.5, 0.6) is 0 Å². The second-order valence-corrected chi connectivity index (χ2v) is 4.27. The lowest BCUT2D eigenvalue weighted by molar-refractivity contribution is -0.137. The number of carboxylic acid groups (broad SMARTS) is 1. The molecule has 0 aromatic carbocycles. The van der Waals surface area contributed by atoms with Crippen LogP contribution in [-0.4, -0.2) is 32.9 Å². The molecule has 1 aromatic rings. The minimum Gasteiger partial charge on any atom is -0.480 e. The second kappa shape index (κ2) is 4.02. The highest BCUT2D eigenvalue weighted by Gasteiger charge is 2.25. The molecule has 1 aromatic heterocycles. The zero-order valence-corrected chi connectivity index (χ0v) is 8.99. The largest absolute Gasteiger partial charge is 0.480 e. The molecule has 4 nitrogen and oxygen atoms in total. The SMILES string of the molecule is Cc1cccc(C2=NC(C(=O)O)CS2)n1. The maximum absolute atomic E-state index is 10.7. The van der Waals surface area contributed by atoms with E-state index in [1.807, 2.05) is 25.1 Å². The topological polar surface area (TPSA) is 62.5 Å². The van der Waals surface area contributed by atoms with E-state index in [2.05, 4.69) is 9.98 Å². The van der Waals surface area contributed by atoms with Crippen LogP contribution in [0.25, 0.3) is 0 Å². The van der Waals surface area contributed by atoms with Crippen molar-refractivity contribution in [2.75, 3.05) is 5.75 Å². The number of aliphatic imine (C=N–C) groups is 1. The number of aromatic nitrogens is 1. The summed E-state index contributed by atoms with van der Waals surface area (Å²) in [6.07, 6.45) is 0. The Morgan fingerprint density at radius 3 is 3.00 bits per heavy atom. The number of aryl methyl sites for hydroxylation is 1. The van der Waals surface area contributed by atoms with Gasteiger partial charge in [0.1, 0.15) is 5.04 Å². The third-order valence-electron chi connectivity index (χ3n) is 2.04. The van der Waals surface area contributed by atoms with Gasteiger partial charge in [-0.1, -0.05) is 6.07 Å². The van der Waals surface area contributed by atoms with E-state index in [9.17, 15) is 4.79 Å². The summed E-state index contributed by atoms with van der Waals surface area (Å²) >= 11 is 1.45. The highest BCUT2D eigenvalue weighted by atomic mass is 32.2. The van der Waals surface area contributed by atoms with Crippen LogP contribution < -0.4 is 0 Å². The molecule has 0 saturated carbocycles. The molecule has 0 bridgehead atoms. The monoisotopic (exact) mass is 222 g/mol. The van der Waals surface area contributed by atoms with Crippen LogP contribution >= 0.6 is 11.8 Å². The first-order valence-electron chi connectivity index (χ1n) is 4.54. The Morgan fingerprint density at radius 2 is 2.40 bits per heavy atom. The van der Waals surface area contributed by atoms with E-state index >= 15 is 0 Å². The second-order valence-electron chi connectivity index (χ2n) is 3.26. The lowest BCUT2D eigenvalue weighted by Crippen LogP contribution is -2.17. The molecule has 5 heteroatoms. The molecule has 15 heavy (non-hydrogen) atoms. The summed E-state index contributed by atoms with van der Waals surface area (Å²) in [5.74, 6) is -0.370. The van der Waals surface area contributed by atoms with Crippen LogP contribution in [0, 0.1) is 6.92 Å². The van der Waals surface area contributed by atoms with Crippen LogP contribution in [0.1, 0.15) is 11.4 Å². The zero-order valence-electron chi connectivity index (χ0n) is 8.17. The van der Waals surface area contributed by atoms with Crippen molar-refractivity contribution in [3.05, 3.63) is 29.6 Å². The number of hydrogen-bond donors (Lipinski definition) is 1. The van der Waals surface area contributed by atoms with E-state index in [0.29, 0.717) is 5.75 Å². The molecule has 1 N–H and O–H groups in total. The first kappa shape index (κ1) is 10.2. The van der Waals surface area contributed by atoms with Gasteiger partial charge in [-0.25, -0.2) is 4.79 Å². The van der Waals surface area contributed by atoms with E-state index < -0.39 is 12.0 Å². The Bertz CT molecular complexity index is 431. The highest BCUT2D eigenvalue weighted by Crippen LogP contribution is 2.22. The fourth-order valence-electron chi connectivity index (χ4n) is 1.30. The van der Waals surface area contributed by atoms with Gasteiger partial charge in [0, 0.05) is 11.4 Å². The minimum atomic E-state index is -0.870. The van der Waals surface area contributed by atoms with Crippen molar-refractivity contribution in [2.24, 2.45) is 4.99 Å². The smallest absolute Gasteiger partial charge is 0.329 e. The Balaban J connectivity index is 2.26. The molecule has 0 radical (unpaired) electrons. The summed E-state index contributed by atoms with van der Waals surface area (Å²) < 4.78 is 0. The molecule has 0 aliphatic carbocycles. The molecular formula is C10H10N2O2S. The van der Waals surface area contributed by atoms with E-state index in [1.54, 1.807) is 0 Å². The molecule has 0 fully saturated rings. The lowest BCUT2D eigenvalue weighted by Gasteiger charge is -1.98. The van der Waals surface area contributed by atoms with Crippen LogP contribution in [0.4, 0.5) is 0 Å². The molecule has 2 heterocycles. The van der Waals surface area contributed by atoms with Gasteiger partial charge in [-0.15, -0.1) is 11.8 Å². The Labute approximate surface area is 91.4 Å². The number of aliphatic carboxylic acids is 1. The summed E-state index contributed by atoms with van der Waals surface area (Å²) in [4.78, 5) is 19.1. The van der Waals surface area contributed by atoms with E-state index in [0.717, 1.165) is 16.4 Å². The summed E-state index contributed by atoms with van der Waals surface area (Å²) in [7, 11) is 0. The minimum absolute atomic E-state index is 0.500. The van der Waals surface area contributed by atoms with Gasteiger partial charge in [0.15, 0.2) is 6.04 Å². The van der Waals surface area contributed by atoms with Gasteiger partial charge in [-0.3, -0.25) is 9.98 Å². The van der Waals surface area contributed by atoms with E-state index in [4.69, 9.17) is 5.11 Å². The normalized spacial score (nSPS) is 20.1. The summed E-state index contributed by atoms with van der Waals surface area (Å²) in [5.41, 5.74) is 1.68. The van der Waals surface area contributed by atoms with Crippen LogP contribution in [0.3, 0.4) is 0 Å². The summed E-state index contributed by atoms with van der Waals surface area (Å²) in [6.45, 7) is 1.90.